The number of ether oxygens (including phenoxy) is 2. The molecule has 3 nitrogen and oxygen atoms in total. The van der Waals surface area contributed by atoms with Crippen LogP contribution in [-0.2, 0) is 4.74 Å². The third kappa shape index (κ3) is 4.89. The molecule has 18 heavy (non-hydrogen) atoms. The van der Waals surface area contributed by atoms with Gasteiger partial charge >= 0.3 is 6.36 Å². The number of hydrogen-bond acceptors (Lipinski definition) is 3. The quantitative estimate of drug-likeness (QED) is 0.659. The molecule has 7 heteroatoms. The van der Waals surface area contributed by atoms with Gasteiger partial charge in [0.2, 0.25) is 0 Å². The van der Waals surface area contributed by atoms with Gasteiger partial charge in [0.25, 0.3) is 0 Å². The molecule has 0 bridgehead atoms. The number of alkyl halides is 3. The summed E-state index contributed by atoms with van der Waals surface area (Å²) in [4.78, 5) is 0. The summed E-state index contributed by atoms with van der Waals surface area (Å²) in [6, 6.07) is 3.48. The molecule has 0 saturated heterocycles. The van der Waals surface area contributed by atoms with Gasteiger partial charge in [-0.15, -0.1) is 13.2 Å². The zero-order chi connectivity index (χ0) is 13.8. The summed E-state index contributed by atoms with van der Waals surface area (Å²) in [5, 5.41) is 0. The molecular formula is C11H13F4NO2. The lowest BCUT2D eigenvalue weighted by Crippen LogP contribution is -2.18. The van der Waals surface area contributed by atoms with Crippen molar-refractivity contribution in [3.63, 3.8) is 0 Å². The molecule has 1 rings (SSSR count). The topological polar surface area (TPSA) is 44.5 Å². The molecule has 102 valence electrons. The van der Waals surface area contributed by atoms with Crippen LogP contribution in [0.15, 0.2) is 18.2 Å². The lowest BCUT2D eigenvalue weighted by Gasteiger charge is -2.11. The number of rotatable bonds is 5. The number of nitrogens with two attached hydrogens (primary N) is 1. The molecular weight excluding hydrogens is 254 g/mol. The van der Waals surface area contributed by atoms with Crippen molar-refractivity contribution < 1.29 is 27.0 Å². The summed E-state index contributed by atoms with van der Waals surface area (Å²) in [5.41, 5.74) is 5.82. The summed E-state index contributed by atoms with van der Waals surface area (Å²) >= 11 is 0. The maximum absolute atomic E-state index is 13.4. The Morgan fingerprint density at radius 1 is 1.28 bits per heavy atom. The average Bonchev–Trinajstić information content (AvgIpc) is 2.22. The predicted molar refractivity (Wildman–Crippen MR) is 56.5 cm³/mol. The Hall–Kier alpha value is -1.34. The van der Waals surface area contributed by atoms with Gasteiger partial charge in [0.05, 0.1) is 6.61 Å². The fraction of sp³-hybridized carbons (Fsp3) is 0.455. The van der Waals surface area contributed by atoms with Crippen LogP contribution in [0.25, 0.3) is 0 Å². The minimum absolute atomic E-state index is 0.127. The first-order valence-corrected chi connectivity index (χ1v) is 5.18. The Balaban J connectivity index is 2.47. The van der Waals surface area contributed by atoms with Crippen molar-refractivity contribution in [2.75, 3.05) is 13.2 Å². The van der Waals surface area contributed by atoms with Crippen LogP contribution < -0.4 is 10.5 Å². The Morgan fingerprint density at radius 2 is 1.94 bits per heavy atom. The lowest BCUT2D eigenvalue weighted by molar-refractivity contribution is -0.325. The van der Waals surface area contributed by atoms with Gasteiger partial charge < -0.3 is 10.5 Å². The van der Waals surface area contributed by atoms with Crippen LogP contribution in [-0.4, -0.2) is 19.6 Å². The number of benzene rings is 1. The van der Waals surface area contributed by atoms with E-state index in [0.717, 1.165) is 6.07 Å². The van der Waals surface area contributed by atoms with E-state index >= 15 is 0 Å². The average molecular weight is 267 g/mol. The first-order valence-electron chi connectivity index (χ1n) is 5.18. The molecule has 0 spiro atoms. The van der Waals surface area contributed by atoms with Crippen LogP contribution in [0.2, 0.25) is 0 Å². The highest BCUT2D eigenvalue weighted by Gasteiger charge is 2.28. The summed E-state index contributed by atoms with van der Waals surface area (Å²) in [5.74, 6) is -0.429. The highest BCUT2D eigenvalue weighted by Crippen LogP contribution is 2.21. The van der Waals surface area contributed by atoms with E-state index in [0.29, 0.717) is 5.56 Å². The van der Waals surface area contributed by atoms with Crippen LogP contribution in [0, 0.1) is 5.82 Å². The van der Waals surface area contributed by atoms with Crippen LogP contribution >= 0.6 is 0 Å². The van der Waals surface area contributed by atoms with Crippen molar-refractivity contribution in [1.82, 2.24) is 0 Å². The Bertz CT molecular complexity index is 393. The van der Waals surface area contributed by atoms with E-state index in [1.807, 2.05) is 0 Å². The molecule has 1 aromatic rings. The third-order valence-electron chi connectivity index (χ3n) is 2.08. The fourth-order valence-electron chi connectivity index (χ4n) is 1.28. The second kappa shape index (κ2) is 6.01. The van der Waals surface area contributed by atoms with Crippen molar-refractivity contribution in [3.05, 3.63) is 29.6 Å². The highest BCUT2D eigenvalue weighted by molar-refractivity contribution is 5.30. The fourth-order valence-corrected chi connectivity index (χ4v) is 1.28. The highest BCUT2D eigenvalue weighted by atomic mass is 19.4. The summed E-state index contributed by atoms with van der Waals surface area (Å²) in [7, 11) is 0. The van der Waals surface area contributed by atoms with Gasteiger partial charge in [0, 0.05) is 17.7 Å². The van der Waals surface area contributed by atoms with Crippen molar-refractivity contribution in [3.8, 4) is 5.75 Å². The van der Waals surface area contributed by atoms with Crippen molar-refractivity contribution in [2.45, 2.75) is 19.3 Å². The van der Waals surface area contributed by atoms with Gasteiger partial charge in [-0.25, -0.2) is 4.39 Å². The SMILES string of the molecule is C[C@@H](N)c1ccc(OCCOC(F)(F)F)cc1F. The molecule has 0 aliphatic rings. The van der Waals surface area contributed by atoms with E-state index in [1.54, 1.807) is 6.92 Å². The zero-order valence-electron chi connectivity index (χ0n) is 9.63. The standard InChI is InChI=1S/C11H13F4NO2/c1-7(16)9-3-2-8(6-10(9)12)17-4-5-18-11(13,14)15/h2-3,6-7H,4-5,16H2,1H3/t7-/m1/s1. The Morgan fingerprint density at radius 3 is 2.44 bits per heavy atom. The number of halogens is 4. The molecule has 0 amide bonds. The van der Waals surface area contributed by atoms with Crippen LogP contribution in [0.3, 0.4) is 0 Å². The van der Waals surface area contributed by atoms with E-state index in [-0.39, 0.29) is 12.4 Å². The molecule has 0 unspecified atom stereocenters. The molecule has 0 saturated carbocycles. The van der Waals surface area contributed by atoms with Crippen LogP contribution in [0.5, 0.6) is 5.75 Å². The molecule has 0 aliphatic carbocycles. The zero-order valence-corrected chi connectivity index (χ0v) is 9.63. The van der Waals surface area contributed by atoms with E-state index in [4.69, 9.17) is 10.5 Å². The van der Waals surface area contributed by atoms with Crippen LogP contribution in [0.4, 0.5) is 17.6 Å². The van der Waals surface area contributed by atoms with Crippen molar-refractivity contribution in [2.24, 2.45) is 5.73 Å². The Labute approximate surface area is 101 Å². The maximum atomic E-state index is 13.4. The maximum Gasteiger partial charge on any atom is 0.522 e. The molecule has 0 radical (unpaired) electrons. The first kappa shape index (κ1) is 14.7. The third-order valence-corrected chi connectivity index (χ3v) is 2.08. The monoisotopic (exact) mass is 267 g/mol. The largest absolute Gasteiger partial charge is 0.522 e. The Kier molecular flexibility index (Phi) is 4.92. The van der Waals surface area contributed by atoms with Crippen LogP contribution in [0.1, 0.15) is 18.5 Å². The van der Waals surface area contributed by atoms with E-state index in [2.05, 4.69) is 4.74 Å². The molecule has 0 aliphatic heterocycles. The van der Waals surface area contributed by atoms with Gasteiger partial charge in [-0.1, -0.05) is 6.07 Å². The van der Waals surface area contributed by atoms with E-state index in [1.165, 1.54) is 12.1 Å². The lowest BCUT2D eigenvalue weighted by atomic mass is 10.1. The molecule has 2 N–H and O–H groups in total. The van der Waals surface area contributed by atoms with Crippen molar-refractivity contribution >= 4 is 0 Å². The van der Waals surface area contributed by atoms with Gasteiger partial charge in [0.15, 0.2) is 0 Å². The smallest absolute Gasteiger partial charge is 0.491 e. The molecule has 1 aromatic carbocycles. The molecule has 0 fully saturated rings. The molecule has 1 atom stereocenters. The summed E-state index contributed by atoms with van der Waals surface area (Å²) in [6.45, 7) is 0.646. The summed E-state index contributed by atoms with van der Waals surface area (Å²) < 4.78 is 56.8. The molecule has 0 heterocycles. The predicted octanol–water partition coefficient (Wildman–Crippen LogP) is 2.76. The van der Waals surface area contributed by atoms with Gasteiger partial charge in [-0.2, -0.15) is 0 Å². The second-order valence-corrected chi connectivity index (χ2v) is 3.61. The van der Waals surface area contributed by atoms with E-state index in [9.17, 15) is 17.6 Å². The number of hydrogen-bond donors (Lipinski definition) is 1. The first-order chi connectivity index (χ1) is 8.29. The van der Waals surface area contributed by atoms with Gasteiger partial charge in [0.1, 0.15) is 18.2 Å². The van der Waals surface area contributed by atoms with Gasteiger partial charge in [-0.3, -0.25) is 4.74 Å². The summed E-state index contributed by atoms with van der Waals surface area (Å²) in [6.07, 6.45) is -4.69. The molecule has 0 aromatic heterocycles. The van der Waals surface area contributed by atoms with Gasteiger partial charge in [-0.05, 0) is 13.0 Å². The minimum atomic E-state index is -4.69. The van der Waals surface area contributed by atoms with E-state index < -0.39 is 24.8 Å². The second-order valence-electron chi connectivity index (χ2n) is 3.61. The van der Waals surface area contributed by atoms with Crippen molar-refractivity contribution in [1.29, 1.82) is 0 Å². The normalized spacial score (nSPS) is 13.4. The minimum Gasteiger partial charge on any atom is -0.491 e.